The highest BCUT2D eigenvalue weighted by atomic mass is 16.5. The molecule has 0 saturated heterocycles. The van der Waals surface area contributed by atoms with Crippen molar-refractivity contribution in [2.45, 2.75) is 33.7 Å². The maximum Gasteiger partial charge on any atom is 0.141 e. The number of methoxy groups -OCH3 is 1. The number of nitrogens with zero attached hydrogens (tertiary/aromatic N) is 3. The first-order valence-corrected chi connectivity index (χ1v) is 9.78. The fourth-order valence-corrected chi connectivity index (χ4v) is 3.72. The zero-order chi connectivity index (χ0) is 21.4. The van der Waals surface area contributed by atoms with E-state index in [0.29, 0.717) is 11.4 Å². The van der Waals surface area contributed by atoms with Gasteiger partial charge in [0.2, 0.25) is 0 Å². The van der Waals surface area contributed by atoms with E-state index in [4.69, 9.17) is 15.0 Å². The van der Waals surface area contributed by atoms with Crippen molar-refractivity contribution in [3.63, 3.8) is 0 Å². The molecule has 7 nitrogen and oxygen atoms in total. The van der Waals surface area contributed by atoms with Crippen molar-refractivity contribution in [1.82, 2.24) is 15.1 Å². The standard InChI is InChI=1S/C23H25N5O2/c1-12-7-6-8-19(26-12)13(2)27-23-16-10-21(29-5)17(9-20(16)25-11-18(23)24)22-14(3)28-30-15(22)4/h6-11,13H,24H2,1-5H3,(H,25,27)/t13-/m1/s1. The van der Waals surface area contributed by atoms with E-state index in [1.54, 1.807) is 13.3 Å². The lowest BCUT2D eigenvalue weighted by molar-refractivity contribution is 0.393. The minimum atomic E-state index is -0.0361. The SMILES string of the molecule is COc1cc2c(N[C@H](C)c3cccc(C)n3)c(N)cnc2cc1-c1c(C)noc1C. The van der Waals surface area contributed by atoms with Crippen LogP contribution in [0.5, 0.6) is 5.75 Å². The third-order valence-corrected chi connectivity index (χ3v) is 5.24. The number of nitrogen functional groups attached to an aromatic ring is 1. The van der Waals surface area contributed by atoms with Gasteiger partial charge in [-0.1, -0.05) is 11.2 Å². The van der Waals surface area contributed by atoms with Crippen molar-refractivity contribution < 1.29 is 9.26 Å². The molecule has 4 rings (SSSR count). The first kappa shape index (κ1) is 19.7. The molecule has 0 aliphatic rings. The smallest absolute Gasteiger partial charge is 0.141 e. The summed E-state index contributed by atoms with van der Waals surface area (Å²) in [6.45, 7) is 7.84. The Morgan fingerprint density at radius 1 is 1.17 bits per heavy atom. The molecule has 0 fully saturated rings. The number of pyridine rings is 2. The van der Waals surface area contributed by atoms with Crippen LogP contribution >= 0.6 is 0 Å². The second-order valence-corrected chi connectivity index (χ2v) is 7.43. The lowest BCUT2D eigenvalue weighted by Crippen LogP contribution is -2.11. The van der Waals surface area contributed by atoms with Crippen LogP contribution < -0.4 is 15.8 Å². The molecule has 0 aliphatic heterocycles. The summed E-state index contributed by atoms with van der Waals surface area (Å²) in [5.74, 6) is 1.44. The van der Waals surface area contributed by atoms with Gasteiger partial charge in [-0.3, -0.25) is 9.97 Å². The van der Waals surface area contributed by atoms with Crippen LogP contribution in [0.3, 0.4) is 0 Å². The molecule has 154 valence electrons. The number of benzene rings is 1. The van der Waals surface area contributed by atoms with Crippen molar-refractivity contribution >= 4 is 22.3 Å². The molecule has 0 saturated carbocycles. The van der Waals surface area contributed by atoms with E-state index in [2.05, 4.69) is 27.4 Å². The molecule has 0 radical (unpaired) electrons. The topological polar surface area (TPSA) is 99.1 Å². The molecule has 3 heterocycles. The number of aromatic nitrogens is 3. The Balaban J connectivity index is 1.84. The Morgan fingerprint density at radius 3 is 2.63 bits per heavy atom. The first-order valence-electron chi connectivity index (χ1n) is 9.78. The lowest BCUT2D eigenvalue weighted by atomic mass is 10.00. The van der Waals surface area contributed by atoms with Crippen molar-refractivity contribution in [2.24, 2.45) is 0 Å². The molecular weight excluding hydrogens is 378 g/mol. The van der Waals surface area contributed by atoms with E-state index in [1.807, 2.05) is 51.1 Å². The van der Waals surface area contributed by atoms with Gasteiger partial charge < -0.3 is 20.3 Å². The third kappa shape index (κ3) is 3.43. The van der Waals surface area contributed by atoms with E-state index < -0.39 is 0 Å². The molecule has 1 atom stereocenters. The summed E-state index contributed by atoms with van der Waals surface area (Å²) in [7, 11) is 1.65. The van der Waals surface area contributed by atoms with Crippen LogP contribution in [-0.4, -0.2) is 22.2 Å². The van der Waals surface area contributed by atoms with Gasteiger partial charge in [0, 0.05) is 16.6 Å². The van der Waals surface area contributed by atoms with Crippen molar-refractivity contribution in [2.75, 3.05) is 18.2 Å². The Labute approximate surface area is 175 Å². The maximum absolute atomic E-state index is 6.30. The highest BCUT2D eigenvalue weighted by Gasteiger charge is 2.20. The summed E-state index contributed by atoms with van der Waals surface area (Å²) in [6.07, 6.45) is 1.67. The maximum atomic E-state index is 6.30. The number of hydrogen-bond donors (Lipinski definition) is 2. The fourth-order valence-electron chi connectivity index (χ4n) is 3.72. The summed E-state index contributed by atoms with van der Waals surface area (Å²) in [6, 6.07) is 9.89. The molecule has 3 N–H and O–H groups in total. The van der Waals surface area contributed by atoms with E-state index in [1.165, 1.54) is 0 Å². The van der Waals surface area contributed by atoms with Gasteiger partial charge in [-0.25, -0.2) is 0 Å². The van der Waals surface area contributed by atoms with Crippen LogP contribution in [0.4, 0.5) is 11.4 Å². The molecule has 30 heavy (non-hydrogen) atoms. The van der Waals surface area contributed by atoms with Crippen LogP contribution in [0.15, 0.2) is 41.1 Å². The number of fused-ring (bicyclic) bond motifs is 1. The van der Waals surface area contributed by atoms with Gasteiger partial charge >= 0.3 is 0 Å². The number of aryl methyl sites for hydroxylation is 3. The zero-order valence-electron chi connectivity index (χ0n) is 17.8. The van der Waals surface area contributed by atoms with Crippen LogP contribution in [-0.2, 0) is 0 Å². The minimum absolute atomic E-state index is 0.0361. The Morgan fingerprint density at radius 2 is 1.97 bits per heavy atom. The van der Waals surface area contributed by atoms with E-state index >= 15 is 0 Å². The number of nitrogens with one attached hydrogen (secondary N) is 1. The van der Waals surface area contributed by atoms with Gasteiger partial charge in [0.05, 0.1) is 53.2 Å². The van der Waals surface area contributed by atoms with E-state index in [0.717, 1.165) is 50.6 Å². The fraction of sp³-hybridized carbons (Fsp3) is 0.261. The van der Waals surface area contributed by atoms with Crippen molar-refractivity contribution in [1.29, 1.82) is 0 Å². The Hall–Kier alpha value is -3.61. The van der Waals surface area contributed by atoms with Crippen LogP contribution in [0.1, 0.15) is 35.8 Å². The molecule has 0 unspecified atom stereocenters. The van der Waals surface area contributed by atoms with Crippen LogP contribution in [0.25, 0.3) is 22.0 Å². The Bertz CT molecular complexity index is 1210. The minimum Gasteiger partial charge on any atom is -0.496 e. The van der Waals surface area contributed by atoms with Gasteiger partial charge in [0.25, 0.3) is 0 Å². The largest absolute Gasteiger partial charge is 0.496 e. The average molecular weight is 403 g/mol. The van der Waals surface area contributed by atoms with Gasteiger partial charge in [0.15, 0.2) is 0 Å². The predicted molar refractivity (Wildman–Crippen MR) is 119 cm³/mol. The van der Waals surface area contributed by atoms with Crippen molar-refractivity contribution in [3.05, 3.63) is 59.4 Å². The summed E-state index contributed by atoms with van der Waals surface area (Å²) < 4.78 is 11.1. The van der Waals surface area contributed by atoms with Gasteiger partial charge in [-0.15, -0.1) is 0 Å². The summed E-state index contributed by atoms with van der Waals surface area (Å²) in [5.41, 5.74) is 13.0. The molecule has 1 aromatic carbocycles. The quantitative estimate of drug-likeness (QED) is 0.485. The molecule has 7 heteroatoms. The molecule has 0 aliphatic carbocycles. The predicted octanol–water partition coefficient (Wildman–Crippen LogP) is 4.97. The summed E-state index contributed by atoms with van der Waals surface area (Å²) in [4.78, 5) is 9.17. The van der Waals surface area contributed by atoms with Crippen LogP contribution in [0.2, 0.25) is 0 Å². The van der Waals surface area contributed by atoms with Gasteiger partial charge in [-0.2, -0.15) is 0 Å². The Kier molecular flexibility index (Phi) is 5.03. The summed E-state index contributed by atoms with van der Waals surface area (Å²) in [5, 5.41) is 8.46. The number of ether oxygens (including phenoxy) is 1. The second-order valence-electron chi connectivity index (χ2n) is 7.43. The number of rotatable bonds is 5. The molecule has 0 bridgehead atoms. The molecule has 3 aromatic heterocycles. The normalized spacial score (nSPS) is 12.2. The zero-order valence-corrected chi connectivity index (χ0v) is 17.8. The van der Waals surface area contributed by atoms with Crippen LogP contribution in [0, 0.1) is 20.8 Å². The number of hydrogen-bond acceptors (Lipinski definition) is 7. The van der Waals surface area contributed by atoms with E-state index in [9.17, 15) is 0 Å². The molecule has 0 spiro atoms. The van der Waals surface area contributed by atoms with Crippen molar-refractivity contribution in [3.8, 4) is 16.9 Å². The monoisotopic (exact) mass is 403 g/mol. The highest BCUT2D eigenvalue weighted by molar-refractivity contribution is 6.00. The second kappa shape index (κ2) is 7.67. The highest BCUT2D eigenvalue weighted by Crippen LogP contribution is 2.40. The number of nitrogens with two attached hydrogens (primary N) is 1. The first-order chi connectivity index (χ1) is 14.4. The average Bonchev–Trinajstić information content (AvgIpc) is 3.07. The van der Waals surface area contributed by atoms with E-state index in [-0.39, 0.29) is 6.04 Å². The summed E-state index contributed by atoms with van der Waals surface area (Å²) >= 11 is 0. The molecular formula is C23H25N5O2. The molecule has 0 amide bonds. The lowest BCUT2D eigenvalue weighted by Gasteiger charge is -2.19. The van der Waals surface area contributed by atoms with Gasteiger partial charge in [0.1, 0.15) is 11.5 Å². The third-order valence-electron chi connectivity index (χ3n) is 5.24. The number of anilines is 2. The molecule has 4 aromatic rings. The van der Waals surface area contributed by atoms with Gasteiger partial charge in [-0.05, 0) is 52.0 Å².